The Balaban J connectivity index is 2.04. The Morgan fingerprint density at radius 1 is 1.00 bits per heavy atom. The van der Waals surface area contributed by atoms with Crippen molar-refractivity contribution >= 4 is 5.97 Å². The van der Waals surface area contributed by atoms with Crippen LogP contribution in [0.1, 0.15) is 18.9 Å². The summed E-state index contributed by atoms with van der Waals surface area (Å²) >= 11 is 0. The summed E-state index contributed by atoms with van der Waals surface area (Å²) in [5.41, 5.74) is 9.96. The van der Waals surface area contributed by atoms with E-state index in [9.17, 15) is 4.79 Å². The number of hydrogen-bond acceptors (Lipinski definition) is 2. The molecule has 21 heavy (non-hydrogen) atoms. The molecule has 0 aliphatic rings. The first kappa shape index (κ1) is 14.9. The molecule has 0 radical (unpaired) electrons. The van der Waals surface area contributed by atoms with Crippen molar-refractivity contribution < 1.29 is 9.90 Å². The van der Waals surface area contributed by atoms with Gasteiger partial charge in [0.15, 0.2) is 0 Å². The average molecular weight is 281 g/mol. The van der Waals surface area contributed by atoms with Gasteiger partial charge >= 0.3 is 5.97 Å². The zero-order valence-corrected chi connectivity index (χ0v) is 12.0. The van der Waals surface area contributed by atoms with Crippen molar-refractivity contribution in [1.82, 2.24) is 0 Å². The van der Waals surface area contributed by atoms with E-state index in [1.54, 1.807) is 0 Å². The minimum absolute atomic E-state index is 0.232. The van der Waals surface area contributed by atoms with Gasteiger partial charge in [0.1, 0.15) is 0 Å². The lowest BCUT2D eigenvalue weighted by molar-refractivity contribution is -0.132. The predicted molar refractivity (Wildman–Crippen MR) is 84.7 cm³/mol. The zero-order chi connectivity index (χ0) is 15.2. The molecule has 0 heterocycles. The third kappa shape index (κ3) is 3.96. The molecule has 0 bridgehead atoms. The molecule has 0 amide bonds. The molecule has 3 N–H and O–H groups in total. The summed E-state index contributed by atoms with van der Waals surface area (Å²) in [4.78, 5) is 10.8. The van der Waals surface area contributed by atoms with Crippen LogP contribution in [0.15, 0.2) is 65.9 Å². The first-order valence-electron chi connectivity index (χ1n) is 6.91. The Labute approximate surface area is 124 Å². The van der Waals surface area contributed by atoms with E-state index in [4.69, 9.17) is 10.8 Å². The molecule has 0 aliphatic carbocycles. The Kier molecular flexibility index (Phi) is 4.77. The number of aryl methyl sites for hydroxylation is 1. The second-order valence-electron chi connectivity index (χ2n) is 5.02. The van der Waals surface area contributed by atoms with Crippen molar-refractivity contribution in [1.29, 1.82) is 0 Å². The smallest absolute Gasteiger partial charge is 0.333 e. The van der Waals surface area contributed by atoms with Crippen LogP contribution in [-0.2, 0) is 11.2 Å². The molecule has 0 aromatic heterocycles. The summed E-state index contributed by atoms with van der Waals surface area (Å²) in [6.45, 7) is 1.54. The minimum Gasteiger partial charge on any atom is -0.478 e. The molecule has 2 aromatic carbocycles. The van der Waals surface area contributed by atoms with E-state index in [1.165, 1.54) is 18.1 Å². The summed E-state index contributed by atoms with van der Waals surface area (Å²) in [5, 5.41) is 8.87. The third-order valence-electron chi connectivity index (χ3n) is 3.55. The van der Waals surface area contributed by atoms with Crippen LogP contribution in [0.25, 0.3) is 11.1 Å². The Hall–Kier alpha value is -2.55. The first-order valence-corrected chi connectivity index (χ1v) is 6.91. The van der Waals surface area contributed by atoms with Crippen molar-refractivity contribution in [3.05, 3.63) is 71.4 Å². The van der Waals surface area contributed by atoms with E-state index < -0.39 is 5.97 Å². The second-order valence-corrected chi connectivity index (χ2v) is 5.02. The van der Waals surface area contributed by atoms with Crippen LogP contribution in [0.2, 0.25) is 0 Å². The fraction of sp³-hybridized carbons (Fsp3) is 0.167. The van der Waals surface area contributed by atoms with E-state index in [1.807, 2.05) is 18.2 Å². The van der Waals surface area contributed by atoms with Crippen LogP contribution in [0.3, 0.4) is 0 Å². The highest BCUT2D eigenvalue weighted by molar-refractivity contribution is 5.86. The molecular formula is C18H19NO2. The molecule has 2 rings (SSSR count). The molecule has 0 atom stereocenters. The first-order chi connectivity index (χ1) is 10.1. The number of carboxylic acid groups (broad SMARTS) is 1. The van der Waals surface area contributed by atoms with Crippen LogP contribution in [-0.4, -0.2) is 11.1 Å². The van der Waals surface area contributed by atoms with Gasteiger partial charge in [-0.15, -0.1) is 0 Å². The van der Waals surface area contributed by atoms with Gasteiger partial charge in [-0.3, -0.25) is 0 Å². The lowest BCUT2D eigenvalue weighted by Gasteiger charge is -2.06. The topological polar surface area (TPSA) is 63.3 Å². The van der Waals surface area contributed by atoms with Crippen molar-refractivity contribution in [2.75, 3.05) is 0 Å². The fourth-order valence-corrected chi connectivity index (χ4v) is 2.10. The molecule has 0 aliphatic heterocycles. The monoisotopic (exact) mass is 281 g/mol. The number of nitrogens with two attached hydrogens (primary N) is 1. The van der Waals surface area contributed by atoms with E-state index in [0.717, 1.165) is 12.0 Å². The van der Waals surface area contributed by atoms with E-state index in [2.05, 4.69) is 36.4 Å². The van der Waals surface area contributed by atoms with E-state index >= 15 is 0 Å². The SMILES string of the molecule is CC(C(=O)O)=C(N)CCc1ccc(-c2ccccc2)cc1. The lowest BCUT2D eigenvalue weighted by atomic mass is 10.0. The number of rotatable bonds is 5. The number of hydrogen-bond donors (Lipinski definition) is 2. The average Bonchev–Trinajstić information content (AvgIpc) is 2.53. The zero-order valence-electron chi connectivity index (χ0n) is 12.0. The van der Waals surface area contributed by atoms with Gasteiger partial charge < -0.3 is 10.8 Å². The van der Waals surface area contributed by atoms with Crippen molar-refractivity contribution in [2.45, 2.75) is 19.8 Å². The molecule has 0 saturated heterocycles. The molecule has 0 spiro atoms. The van der Waals surface area contributed by atoms with Gasteiger partial charge in [-0.05, 0) is 36.5 Å². The third-order valence-corrected chi connectivity index (χ3v) is 3.55. The molecule has 3 nitrogen and oxygen atoms in total. The highest BCUT2D eigenvalue weighted by Gasteiger charge is 2.06. The van der Waals surface area contributed by atoms with Gasteiger partial charge in [0.25, 0.3) is 0 Å². The summed E-state index contributed by atoms with van der Waals surface area (Å²) in [5.74, 6) is -0.952. The maximum Gasteiger partial charge on any atom is 0.333 e. The van der Waals surface area contributed by atoms with Crippen molar-refractivity contribution in [3.8, 4) is 11.1 Å². The lowest BCUT2D eigenvalue weighted by Crippen LogP contribution is -2.09. The highest BCUT2D eigenvalue weighted by Crippen LogP contribution is 2.20. The van der Waals surface area contributed by atoms with Crippen molar-refractivity contribution in [2.24, 2.45) is 5.73 Å². The maximum absolute atomic E-state index is 10.8. The van der Waals surface area contributed by atoms with Crippen LogP contribution < -0.4 is 5.73 Å². The quantitative estimate of drug-likeness (QED) is 0.823. The summed E-state index contributed by atoms with van der Waals surface area (Å²) in [6, 6.07) is 18.5. The molecule has 0 unspecified atom stereocenters. The fourth-order valence-electron chi connectivity index (χ4n) is 2.10. The molecule has 0 fully saturated rings. The Morgan fingerprint density at radius 2 is 1.57 bits per heavy atom. The number of allylic oxidation sites excluding steroid dienone is 1. The maximum atomic E-state index is 10.8. The van der Waals surface area contributed by atoms with Gasteiger partial charge in [-0.25, -0.2) is 4.79 Å². The van der Waals surface area contributed by atoms with Gasteiger partial charge in [-0.2, -0.15) is 0 Å². The minimum atomic E-state index is -0.952. The molecule has 3 heteroatoms. The molecule has 2 aromatic rings. The van der Waals surface area contributed by atoms with Gasteiger partial charge in [-0.1, -0.05) is 54.6 Å². The standard InChI is InChI=1S/C18H19NO2/c1-13(18(20)21)17(19)12-9-14-7-10-16(11-8-14)15-5-3-2-4-6-15/h2-8,10-11H,9,12,19H2,1H3,(H,20,21). The van der Waals surface area contributed by atoms with Crippen LogP contribution in [0.5, 0.6) is 0 Å². The van der Waals surface area contributed by atoms with Crippen molar-refractivity contribution in [3.63, 3.8) is 0 Å². The van der Waals surface area contributed by atoms with E-state index in [-0.39, 0.29) is 5.57 Å². The molecular weight excluding hydrogens is 262 g/mol. The van der Waals surface area contributed by atoms with Crippen LogP contribution >= 0.6 is 0 Å². The van der Waals surface area contributed by atoms with Gasteiger partial charge in [0, 0.05) is 5.70 Å². The second kappa shape index (κ2) is 6.75. The predicted octanol–water partition coefficient (Wildman–Crippen LogP) is 3.60. The van der Waals surface area contributed by atoms with E-state index in [0.29, 0.717) is 12.1 Å². The summed E-state index contributed by atoms with van der Waals surface area (Å²) in [6.07, 6.45) is 1.30. The largest absolute Gasteiger partial charge is 0.478 e. The number of carbonyl (C=O) groups is 1. The van der Waals surface area contributed by atoms with Gasteiger partial charge in [0.2, 0.25) is 0 Å². The number of aliphatic carboxylic acids is 1. The number of carboxylic acids is 1. The van der Waals surface area contributed by atoms with Gasteiger partial charge in [0.05, 0.1) is 5.57 Å². The molecule has 108 valence electrons. The van der Waals surface area contributed by atoms with Crippen LogP contribution in [0, 0.1) is 0 Å². The Morgan fingerprint density at radius 3 is 2.14 bits per heavy atom. The normalized spacial score (nSPS) is 11.9. The highest BCUT2D eigenvalue weighted by atomic mass is 16.4. The summed E-state index contributed by atoms with van der Waals surface area (Å²) in [7, 11) is 0. The molecule has 0 saturated carbocycles. The van der Waals surface area contributed by atoms with Crippen LogP contribution in [0.4, 0.5) is 0 Å². The Bertz CT molecular complexity index is 643. The number of benzene rings is 2. The summed E-state index contributed by atoms with van der Waals surface area (Å²) < 4.78 is 0.